The van der Waals surface area contributed by atoms with Crippen LogP contribution in [0.15, 0.2) is 48.5 Å². The molecule has 0 aliphatic carbocycles. The summed E-state index contributed by atoms with van der Waals surface area (Å²) < 4.78 is 18.4. The van der Waals surface area contributed by atoms with Gasteiger partial charge < -0.3 is 9.64 Å². The number of carbonyl (C=O) groups excluding carboxylic acids is 1. The van der Waals surface area contributed by atoms with Crippen molar-refractivity contribution < 1.29 is 13.9 Å². The number of ether oxygens (including phenoxy) is 1. The molecule has 2 aromatic rings. The molecule has 5 heteroatoms. The van der Waals surface area contributed by atoms with Crippen molar-refractivity contribution in [2.24, 2.45) is 0 Å². The minimum atomic E-state index is -0.256. The molecule has 0 radical (unpaired) electrons. The minimum absolute atomic E-state index is 0.145. The molecule has 0 bridgehead atoms. The fourth-order valence-corrected chi connectivity index (χ4v) is 3.12. The lowest BCUT2D eigenvalue weighted by Crippen LogP contribution is -2.32. The zero-order valence-electron chi connectivity index (χ0n) is 14.5. The molecule has 3 rings (SSSR count). The number of rotatable bonds is 5. The lowest BCUT2D eigenvalue weighted by molar-refractivity contribution is -0.130. The number of halogens is 1. The van der Waals surface area contributed by atoms with Gasteiger partial charge in [0.2, 0.25) is 5.91 Å². The molecule has 25 heavy (non-hydrogen) atoms. The van der Waals surface area contributed by atoms with Gasteiger partial charge >= 0.3 is 0 Å². The molecule has 0 N–H and O–H groups in total. The van der Waals surface area contributed by atoms with Gasteiger partial charge in [-0.15, -0.1) is 0 Å². The molecule has 2 aromatic carbocycles. The monoisotopic (exact) mass is 342 g/mol. The highest BCUT2D eigenvalue weighted by molar-refractivity contribution is 5.76. The third kappa shape index (κ3) is 4.57. The van der Waals surface area contributed by atoms with Crippen LogP contribution in [0.4, 0.5) is 4.39 Å². The molecule has 0 unspecified atom stereocenters. The van der Waals surface area contributed by atoms with Gasteiger partial charge in [-0.25, -0.2) is 4.39 Å². The highest BCUT2D eigenvalue weighted by Crippen LogP contribution is 2.20. The Morgan fingerprint density at radius 2 is 1.76 bits per heavy atom. The predicted molar refractivity (Wildman–Crippen MR) is 94.7 cm³/mol. The van der Waals surface area contributed by atoms with Crippen LogP contribution in [0.25, 0.3) is 0 Å². The number of hydrogen-bond acceptors (Lipinski definition) is 3. The zero-order valence-corrected chi connectivity index (χ0v) is 14.5. The first-order valence-corrected chi connectivity index (χ1v) is 8.52. The lowest BCUT2D eigenvalue weighted by atomic mass is 10.2. The Hall–Kier alpha value is -2.40. The van der Waals surface area contributed by atoms with E-state index in [1.807, 2.05) is 23.1 Å². The van der Waals surface area contributed by atoms with Crippen LogP contribution in [0.3, 0.4) is 0 Å². The van der Waals surface area contributed by atoms with Crippen LogP contribution in [0.2, 0.25) is 0 Å². The Kier molecular flexibility index (Phi) is 5.66. The van der Waals surface area contributed by atoms with Gasteiger partial charge in [-0.2, -0.15) is 0 Å². The number of methoxy groups -OCH3 is 1. The van der Waals surface area contributed by atoms with E-state index in [9.17, 15) is 9.18 Å². The summed E-state index contributed by atoms with van der Waals surface area (Å²) in [6.07, 6.45) is 0.496. The van der Waals surface area contributed by atoms with Crippen LogP contribution >= 0.6 is 0 Å². The number of hydrogen-bond donors (Lipinski definition) is 0. The maximum absolute atomic E-state index is 13.0. The van der Waals surface area contributed by atoms with E-state index in [2.05, 4.69) is 11.0 Å². The average molecular weight is 342 g/mol. The first-order chi connectivity index (χ1) is 12.2. The van der Waals surface area contributed by atoms with Gasteiger partial charge in [-0.3, -0.25) is 9.69 Å². The van der Waals surface area contributed by atoms with Crippen LogP contribution in [0.1, 0.15) is 17.5 Å². The second-order valence-corrected chi connectivity index (χ2v) is 6.28. The first-order valence-electron chi connectivity index (χ1n) is 8.52. The van der Waals surface area contributed by atoms with Crippen molar-refractivity contribution >= 4 is 5.91 Å². The zero-order chi connectivity index (χ0) is 17.6. The molecule has 0 saturated carbocycles. The quantitative estimate of drug-likeness (QED) is 0.837. The minimum Gasteiger partial charge on any atom is -0.496 e. The fourth-order valence-electron chi connectivity index (χ4n) is 3.12. The maximum Gasteiger partial charge on any atom is 0.224 e. The van der Waals surface area contributed by atoms with Gasteiger partial charge in [0.05, 0.1) is 7.11 Å². The summed E-state index contributed by atoms with van der Waals surface area (Å²) in [6, 6.07) is 14.3. The summed E-state index contributed by atoms with van der Waals surface area (Å²) in [5, 5.41) is 0. The lowest BCUT2D eigenvalue weighted by Gasteiger charge is -2.23. The van der Waals surface area contributed by atoms with E-state index < -0.39 is 0 Å². The Bertz CT molecular complexity index is 718. The molecule has 1 aliphatic heterocycles. The third-order valence-electron chi connectivity index (χ3n) is 4.55. The smallest absolute Gasteiger partial charge is 0.224 e. The summed E-state index contributed by atoms with van der Waals surface area (Å²) in [4.78, 5) is 16.5. The van der Waals surface area contributed by atoms with Gasteiger partial charge in [-0.05, 0) is 23.8 Å². The summed E-state index contributed by atoms with van der Waals surface area (Å²) in [5.41, 5.74) is 2.08. The molecule has 132 valence electrons. The van der Waals surface area contributed by atoms with Crippen molar-refractivity contribution in [3.63, 3.8) is 0 Å². The van der Waals surface area contributed by atoms with Crippen molar-refractivity contribution in [2.75, 3.05) is 26.7 Å². The van der Waals surface area contributed by atoms with Gasteiger partial charge in [0.25, 0.3) is 0 Å². The third-order valence-corrected chi connectivity index (χ3v) is 4.55. The van der Waals surface area contributed by atoms with E-state index in [4.69, 9.17) is 4.74 Å². The fraction of sp³-hybridized carbons (Fsp3) is 0.350. The molecule has 1 aliphatic rings. The van der Waals surface area contributed by atoms with Crippen LogP contribution < -0.4 is 4.74 Å². The molecule has 1 fully saturated rings. The van der Waals surface area contributed by atoms with Crippen molar-refractivity contribution in [1.29, 1.82) is 0 Å². The molecular formula is C20H23FN2O2. The largest absolute Gasteiger partial charge is 0.496 e. The highest BCUT2D eigenvalue weighted by Gasteiger charge is 2.21. The van der Waals surface area contributed by atoms with E-state index in [0.717, 1.165) is 36.5 Å². The SMILES string of the molecule is COc1ccccc1CN1CCC(=O)N(Cc2ccc(F)cc2)CC1. The summed E-state index contributed by atoms with van der Waals surface area (Å²) in [5.74, 6) is 0.766. The van der Waals surface area contributed by atoms with E-state index >= 15 is 0 Å². The Morgan fingerprint density at radius 3 is 2.52 bits per heavy atom. The number of para-hydroxylation sites is 1. The molecule has 1 saturated heterocycles. The molecule has 0 aromatic heterocycles. The molecule has 1 amide bonds. The molecule has 4 nitrogen and oxygen atoms in total. The summed E-state index contributed by atoms with van der Waals surface area (Å²) >= 11 is 0. The number of carbonyl (C=O) groups is 1. The van der Waals surface area contributed by atoms with E-state index in [-0.39, 0.29) is 11.7 Å². The van der Waals surface area contributed by atoms with Crippen LogP contribution in [-0.2, 0) is 17.9 Å². The average Bonchev–Trinajstić information content (AvgIpc) is 2.80. The van der Waals surface area contributed by atoms with Gasteiger partial charge in [0.1, 0.15) is 11.6 Å². The molecular weight excluding hydrogens is 319 g/mol. The predicted octanol–water partition coefficient (Wildman–Crippen LogP) is 3.07. The van der Waals surface area contributed by atoms with Crippen molar-refractivity contribution in [3.05, 3.63) is 65.5 Å². The van der Waals surface area contributed by atoms with E-state index in [0.29, 0.717) is 19.5 Å². The van der Waals surface area contributed by atoms with Crippen LogP contribution in [0.5, 0.6) is 5.75 Å². The van der Waals surface area contributed by atoms with Crippen molar-refractivity contribution in [1.82, 2.24) is 9.80 Å². The van der Waals surface area contributed by atoms with Gasteiger partial charge in [0, 0.05) is 44.7 Å². The second-order valence-electron chi connectivity index (χ2n) is 6.28. The number of amides is 1. The summed E-state index contributed by atoms with van der Waals surface area (Å²) in [7, 11) is 1.68. The van der Waals surface area contributed by atoms with Gasteiger partial charge in [0.15, 0.2) is 0 Å². The Morgan fingerprint density at radius 1 is 1.00 bits per heavy atom. The van der Waals surface area contributed by atoms with Gasteiger partial charge in [-0.1, -0.05) is 30.3 Å². The Labute approximate surface area is 147 Å². The molecule has 0 spiro atoms. The van der Waals surface area contributed by atoms with Crippen LogP contribution in [-0.4, -0.2) is 42.5 Å². The summed E-state index contributed by atoms with van der Waals surface area (Å²) in [6.45, 7) is 3.51. The van der Waals surface area contributed by atoms with E-state index in [1.165, 1.54) is 12.1 Å². The molecule has 1 heterocycles. The standard InChI is InChI=1S/C20H23FN2O2/c1-25-19-5-3-2-4-17(19)15-22-11-10-20(24)23(13-12-22)14-16-6-8-18(21)9-7-16/h2-9H,10-15H2,1H3. The first kappa shape index (κ1) is 17.4. The maximum atomic E-state index is 13.0. The highest BCUT2D eigenvalue weighted by atomic mass is 19.1. The topological polar surface area (TPSA) is 32.8 Å². The number of benzene rings is 2. The number of nitrogens with zero attached hydrogens (tertiary/aromatic N) is 2. The Balaban J connectivity index is 1.62. The normalized spacial score (nSPS) is 15.9. The van der Waals surface area contributed by atoms with E-state index in [1.54, 1.807) is 19.2 Å². The second kappa shape index (κ2) is 8.12. The van der Waals surface area contributed by atoms with Crippen molar-refractivity contribution in [2.45, 2.75) is 19.5 Å². The van der Waals surface area contributed by atoms with Crippen LogP contribution in [0, 0.1) is 5.82 Å². The molecule has 0 atom stereocenters. The van der Waals surface area contributed by atoms with Crippen molar-refractivity contribution in [3.8, 4) is 5.75 Å².